The lowest BCUT2D eigenvalue weighted by molar-refractivity contribution is 0.627. The molecule has 0 saturated heterocycles. The summed E-state index contributed by atoms with van der Waals surface area (Å²) in [5, 5.41) is 11.5. The molecule has 0 atom stereocenters. The van der Waals surface area contributed by atoms with Crippen LogP contribution in [0.4, 0.5) is 11.8 Å². The lowest BCUT2D eigenvalue weighted by Crippen LogP contribution is -2.29. The van der Waals surface area contributed by atoms with Crippen molar-refractivity contribution in [3.8, 4) is 0 Å². The average molecular weight is 285 g/mol. The van der Waals surface area contributed by atoms with Crippen LogP contribution < -0.4 is 10.2 Å². The Labute approximate surface area is 126 Å². The first kappa shape index (κ1) is 15.2. The van der Waals surface area contributed by atoms with Crippen LogP contribution in [0.3, 0.4) is 0 Å². The number of rotatable bonds is 5. The number of nitrogens with one attached hydrogen (secondary N) is 1. The zero-order chi connectivity index (χ0) is 15.3. The van der Waals surface area contributed by atoms with E-state index in [0.29, 0.717) is 5.95 Å². The fraction of sp³-hybridized carbons (Fsp3) is 0.438. The molecule has 1 aromatic carbocycles. The Bertz CT molecular complexity index is 562. The summed E-state index contributed by atoms with van der Waals surface area (Å²) >= 11 is 0. The first-order valence-corrected chi connectivity index (χ1v) is 7.25. The fourth-order valence-electron chi connectivity index (χ4n) is 2.00. The van der Waals surface area contributed by atoms with Gasteiger partial charge in [0.1, 0.15) is 0 Å². The molecule has 112 valence electrons. The van der Waals surface area contributed by atoms with Gasteiger partial charge in [-0.2, -0.15) is 10.1 Å². The predicted octanol–water partition coefficient (Wildman–Crippen LogP) is 3.11. The fourth-order valence-corrected chi connectivity index (χ4v) is 2.00. The van der Waals surface area contributed by atoms with Crippen molar-refractivity contribution in [2.75, 3.05) is 16.8 Å². The number of hydrogen-bond acceptors (Lipinski definition) is 5. The van der Waals surface area contributed by atoms with Gasteiger partial charge in [0, 0.05) is 18.6 Å². The predicted molar refractivity (Wildman–Crippen MR) is 86.4 cm³/mol. The highest BCUT2D eigenvalue weighted by Crippen LogP contribution is 2.15. The molecule has 2 aromatic rings. The van der Waals surface area contributed by atoms with Crippen molar-refractivity contribution in [3.63, 3.8) is 0 Å². The summed E-state index contributed by atoms with van der Waals surface area (Å²) in [5.41, 5.74) is 1.18. The summed E-state index contributed by atoms with van der Waals surface area (Å²) in [7, 11) is 0. The first-order valence-electron chi connectivity index (χ1n) is 7.25. The van der Waals surface area contributed by atoms with Crippen LogP contribution in [0.15, 0.2) is 36.5 Å². The highest BCUT2D eigenvalue weighted by Gasteiger charge is 2.14. The molecule has 0 saturated carbocycles. The van der Waals surface area contributed by atoms with Gasteiger partial charge in [-0.15, -0.1) is 5.10 Å². The molecule has 0 aliphatic carbocycles. The SMILES string of the molecule is CCN(Cc1ccccc1)c1nncc(NC(C)(C)C)n1. The highest BCUT2D eigenvalue weighted by molar-refractivity contribution is 5.41. The van der Waals surface area contributed by atoms with Crippen LogP contribution in [0.1, 0.15) is 33.3 Å². The highest BCUT2D eigenvalue weighted by atomic mass is 15.3. The topological polar surface area (TPSA) is 53.9 Å². The van der Waals surface area contributed by atoms with Crippen LogP contribution in [0.5, 0.6) is 0 Å². The summed E-state index contributed by atoms with van der Waals surface area (Å²) in [6.45, 7) is 9.98. The maximum atomic E-state index is 4.57. The summed E-state index contributed by atoms with van der Waals surface area (Å²) in [6, 6.07) is 10.3. The van der Waals surface area contributed by atoms with Crippen LogP contribution >= 0.6 is 0 Å². The van der Waals surface area contributed by atoms with Crippen LogP contribution in [0.25, 0.3) is 0 Å². The summed E-state index contributed by atoms with van der Waals surface area (Å²) in [6.07, 6.45) is 1.66. The van der Waals surface area contributed by atoms with Gasteiger partial charge in [0.2, 0.25) is 5.95 Å². The molecule has 1 heterocycles. The largest absolute Gasteiger partial charge is 0.364 e. The molecular formula is C16H23N5. The minimum absolute atomic E-state index is 0.0518. The third kappa shape index (κ3) is 4.70. The molecule has 5 heteroatoms. The van der Waals surface area contributed by atoms with Gasteiger partial charge in [-0.3, -0.25) is 0 Å². The van der Waals surface area contributed by atoms with Gasteiger partial charge in [0.05, 0.1) is 6.20 Å². The van der Waals surface area contributed by atoms with E-state index in [9.17, 15) is 0 Å². The zero-order valence-electron chi connectivity index (χ0n) is 13.2. The minimum Gasteiger partial charge on any atom is -0.364 e. The van der Waals surface area contributed by atoms with Gasteiger partial charge in [0.25, 0.3) is 0 Å². The van der Waals surface area contributed by atoms with Crippen LogP contribution in [-0.4, -0.2) is 27.3 Å². The molecule has 21 heavy (non-hydrogen) atoms. The summed E-state index contributed by atoms with van der Waals surface area (Å²) in [4.78, 5) is 6.67. The monoisotopic (exact) mass is 285 g/mol. The Kier molecular flexibility index (Phi) is 4.73. The number of nitrogens with zero attached hydrogens (tertiary/aromatic N) is 4. The van der Waals surface area contributed by atoms with E-state index in [1.165, 1.54) is 5.56 Å². The average Bonchev–Trinajstić information content (AvgIpc) is 2.44. The zero-order valence-corrected chi connectivity index (χ0v) is 13.2. The van der Waals surface area contributed by atoms with Gasteiger partial charge >= 0.3 is 0 Å². The molecule has 5 nitrogen and oxygen atoms in total. The Morgan fingerprint density at radius 3 is 2.48 bits per heavy atom. The van der Waals surface area contributed by atoms with Gasteiger partial charge in [-0.25, -0.2) is 0 Å². The molecule has 0 fully saturated rings. The van der Waals surface area contributed by atoms with Gasteiger partial charge < -0.3 is 10.2 Å². The van der Waals surface area contributed by atoms with Gasteiger partial charge in [0.15, 0.2) is 5.82 Å². The molecule has 0 spiro atoms. The molecule has 0 unspecified atom stereocenters. The van der Waals surface area contributed by atoms with E-state index in [1.54, 1.807) is 6.20 Å². The summed E-state index contributed by atoms with van der Waals surface area (Å²) in [5.74, 6) is 1.40. The van der Waals surface area contributed by atoms with Gasteiger partial charge in [-0.1, -0.05) is 30.3 Å². The Hall–Kier alpha value is -2.17. The van der Waals surface area contributed by atoms with E-state index in [0.717, 1.165) is 18.9 Å². The van der Waals surface area contributed by atoms with E-state index in [2.05, 4.69) is 65.2 Å². The second kappa shape index (κ2) is 6.52. The van der Waals surface area contributed by atoms with Crippen molar-refractivity contribution in [3.05, 3.63) is 42.1 Å². The number of aromatic nitrogens is 3. The first-order chi connectivity index (χ1) is 9.98. The quantitative estimate of drug-likeness (QED) is 0.914. The maximum Gasteiger partial charge on any atom is 0.247 e. The summed E-state index contributed by atoms with van der Waals surface area (Å²) < 4.78 is 0. The molecule has 0 aliphatic rings. The molecule has 0 amide bonds. The lowest BCUT2D eigenvalue weighted by atomic mass is 10.1. The van der Waals surface area contributed by atoms with E-state index >= 15 is 0 Å². The third-order valence-corrected chi connectivity index (χ3v) is 2.93. The van der Waals surface area contributed by atoms with Crippen LogP contribution in [0, 0.1) is 0 Å². The van der Waals surface area contributed by atoms with Crippen LogP contribution in [0.2, 0.25) is 0 Å². The maximum absolute atomic E-state index is 4.57. The number of benzene rings is 1. The minimum atomic E-state index is -0.0518. The van der Waals surface area contributed by atoms with Gasteiger partial charge in [-0.05, 0) is 33.3 Å². The van der Waals surface area contributed by atoms with E-state index < -0.39 is 0 Å². The lowest BCUT2D eigenvalue weighted by Gasteiger charge is -2.23. The molecule has 1 aromatic heterocycles. The van der Waals surface area contributed by atoms with Crippen molar-refractivity contribution >= 4 is 11.8 Å². The van der Waals surface area contributed by atoms with Crippen LogP contribution in [-0.2, 0) is 6.54 Å². The number of hydrogen-bond donors (Lipinski definition) is 1. The molecule has 0 aliphatic heterocycles. The van der Waals surface area contributed by atoms with Crippen molar-refractivity contribution in [2.24, 2.45) is 0 Å². The Balaban J connectivity index is 2.16. The normalized spacial score (nSPS) is 11.2. The smallest absolute Gasteiger partial charge is 0.247 e. The second-order valence-corrected chi connectivity index (χ2v) is 6.02. The molecular weight excluding hydrogens is 262 g/mol. The second-order valence-electron chi connectivity index (χ2n) is 6.02. The molecule has 1 N–H and O–H groups in total. The Morgan fingerprint density at radius 2 is 1.86 bits per heavy atom. The Morgan fingerprint density at radius 1 is 1.14 bits per heavy atom. The van der Waals surface area contributed by atoms with Crippen molar-refractivity contribution < 1.29 is 0 Å². The van der Waals surface area contributed by atoms with Crippen molar-refractivity contribution in [1.29, 1.82) is 0 Å². The third-order valence-electron chi connectivity index (χ3n) is 2.93. The molecule has 0 bridgehead atoms. The van der Waals surface area contributed by atoms with E-state index in [-0.39, 0.29) is 5.54 Å². The van der Waals surface area contributed by atoms with Crippen molar-refractivity contribution in [2.45, 2.75) is 39.8 Å². The van der Waals surface area contributed by atoms with Crippen molar-refractivity contribution in [1.82, 2.24) is 15.2 Å². The molecule has 0 radical (unpaired) electrons. The van der Waals surface area contributed by atoms with E-state index in [4.69, 9.17) is 0 Å². The standard InChI is InChI=1S/C16H23N5/c1-5-21(12-13-9-7-6-8-10-13)15-18-14(11-17-20-15)19-16(2,3)4/h6-11H,5,12H2,1-4H3,(H,18,19,20). The number of anilines is 2. The molecule has 2 rings (SSSR count). The van der Waals surface area contributed by atoms with E-state index in [1.807, 2.05) is 18.2 Å².